The van der Waals surface area contributed by atoms with Crippen LogP contribution >= 0.6 is 11.3 Å². The third-order valence-corrected chi connectivity index (χ3v) is 2.90. The zero-order chi connectivity index (χ0) is 8.39. The van der Waals surface area contributed by atoms with Crippen LogP contribution in [0.4, 0.5) is 5.13 Å². The number of nitrogens with one attached hydrogen (secondary N) is 1. The quantitative estimate of drug-likeness (QED) is 0.694. The lowest BCUT2D eigenvalue weighted by Gasteiger charge is -2.21. The Morgan fingerprint density at radius 3 is 3.08 bits per heavy atom. The van der Waals surface area contributed by atoms with Crippen LogP contribution in [0, 0.1) is 0 Å². The molecule has 1 aliphatic heterocycles. The van der Waals surface area contributed by atoms with Crippen molar-refractivity contribution >= 4 is 16.5 Å². The van der Waals surface area contributed by atoms with Gasteiger partial charge in [-0.05, 0) is 19.4 Å². The van der Waals surface area contributed by atoms with Gasteiger partial charge in [-0.1, -0.05) is 6.42 Å². The fraction of sp³-hybridized carbons (Fsp3) is 0.625. The van der Waals surface area contributed by atoms with Crippen molar-refractivity contribution in [1.29, 1.82) is 0 Å². The topological polar surface area (TPSA) is 50.9 Å². The Bertz CT molecular complexity index is 253. The van der Waals surface area contributed by atoms with Crippen LogP contribution in [-0.4, -0.2) is 11.5 Å². The van der Waals surface area contributed by atoms with E-state index in [0.717, 1.165) is 12.2 Å². The van der Waals surface area contributed by atoms with Gasteiger partial charge < -0.3 is 11.1 Å². The molecule has 2 heterocycles. The first-order chi connectivity index (χ1) is 5.86. The summed E-state index contributed by atoms with van der Waals surface area (Å²) in [6.07, 6.45) is 3.79. The highest BCUT2D eigenvalue weighted by molar-refractivity contribution is 7.13. The molecule has 0 aliphatic carbocycles. The first-order valence-corrected chi connectivity index (χ1v) is 5.18. The third-order valence-electron chi connectivity index (χ3n) is 2.21. The summed E-state index contributed by atoms with van der Waals surface area (Å²) in [6.45, 7) is 1.11. The van der Waals surface area contributed by atoms with Crippen molar-refractivity contribution < 1.29 is 0 Å². The molecule has 0 spiro atoms. The molecule has 12 heavy (non-hydrogen) atoms. The molecule has 0 bridgehead atoms. The summed E-state index contributed by atoms with van der Waals surface area (Å²) in [4.78, 5) is 4.27. The molecule has 1 fully saturated rings. The summed E-state index contributed by atoms with van der Waals surface area (Å²) < 4.78 is 0. The lowest BCUT2D eigenvalue weighted by molar-refractivity contribution is 0.407. The number of rotatable bonds is 1. The van der Waals surface area contributed by atoms with E-state index in [1.807, 2.05) is 0 Å². The van der Waals surface area contributed by atoms with Crippen molar-refractivity contribution in [3.63, 3.8) is 0 Å². The predicted molar refractivity (Wildman–Crippen MR) is 51.1 cm³/mol. The first kappa shape index (κ1) is 8.01. The van der Waals surface area contributed by atoms with Crippen molar-refractivity contribution in [3.05, 3.63) is 11.1 Å². The van der Waals surface area contributed by atoms with Crippen molar-refractivity contribution in [2.45, 2.75) is 25.3 Å². The molecule has 2 rings (SSSR count). The number of aromatic nitrogens is 1. The third kappa shape index (κ3) is 1.59. The van der Waals surface area contributed by atoms with Gasteiger partial charge in [0.2, 0.25) is 0 Å². The van der Waals surface area contributed by atoms with Crippen molar-refractivity contribution in [3.8, 4) is 0 Å². The van der Waals surface area contributed by atoms with E-state index in [0.29, 0.717) is 11.2 Å². The number of nitrogen functional groups attached to an aromatic ring is 1. The molecular weight excluding hydrogens is 170 g/mol. The number of nitrogens with two attached hydrogens (primary N) is 1. The Morgan fingerprint density at radius 2 is 2.50 bits per heavy atom. The highest BCUT2D eigenvalue weighted by Crippen LogP contribution is 2.24. The highest BCUT2D eigenvalue weighted by atomic mass is 32.1. The zero-order valence-corrected chi connectivity index (χ0v) is 7.73. The fourth-order valence-corrected chi connectivity index (χ4v) is 2.18. The summed E-state index contributed by atoms with van der Waals surface area (Å²) in [5.41, 5.74) is 6.69. The van der Waals surface area contributed by atoms with E-state index in [1.165, 1.54) is 30.6 Å². The van der Waals surface area contributed by atoms with E-state index in [1.54, 1.807) is 0 Å². The average molecular weight is 183 g/mol. The van der Waals surface area contributed by atoms with Crippen molar-refractivity contribution in [1.82, 2.24) is 10.3 Å². The van der Waals surface area contributed by atoms with Crippen LogP contribution in [0.2, 0.25) is 0 Å². The minimum Gasteiger partial charge on any atom is -0.375 e. The molecular formula is C8H13N3S. The van der Waals surface area contributed by atoms with Crippen LogP contribution in [0.3, 0.4) is 0 Å². The number of piperidine rings is 1. The molecule has 1 aromatic heterocycles. The lowest BCUT2D eigenvalue weighted by atomic mass is 10.0. The maximum Gasteiger partial charge on any atom is 0.180 e. The molecule has 1 aromatic rings. The van der Waals surface area contributed by atoms with Gasteiger partial charge in [0.1, 0.15) is 0 Å². The normalized spacial score (nSPS) is 24.2. The van der Waals surface area contributed by atoms with E-state index >= 15 is 0 Å². The van der Waals surface area contributed by atoms with Gasteiger partial charge in [0, 0.05) is 5.38 Å². The van der Waals surface area contributed by atoms with Crippen LogP contribution in [0.5, 0.6) is 0 Å². The molecule has 0 radical (unpaired) electrons. The highest BCUT2D eigenvalue weighted by Gasteiger charge is 2.16. The largest absolute Gasteiger partial charge is 0.375 e. The SMILES string of the molecule is Nc1nc([C@@H]2CCCCN2)cs1. The van der Waals surface area contributed by atoms with Gasteiger partial charge in [0.15, 0.2) is 5.13 Å². The maximum atomic E-state index is 5.56. The first-order valence-electron chi connectivity index (χ1n) is 4.30. The molecule has 1 aliphatic rings. The predicted octanol–water partition coefficient (Wildman–Crippen LogP) is 1.54. The van der Waals surface area contributed by atoms with Crippen LogP contribution in [0.1, 0.15) is 31.0 Å². The van der Waals surface area contributed by atoms with E-state index in [4.69, 9.17) is 5.73 Å². The molecule has 0 saturated carbocycles. The number of hydrogen-bond acceptors (Lipinski definition) is 4. The lowest BCUT2D eigenvalue weighted by Crippen LogP contribution is -2.26. The molecule has 0 unspecified atom stereocenters. The average Bonchev–Trinajstić information content (AvgIpc) is 2.54. The number of anilines is 1. The Hall–Kier alpha value is -0.610. The van der Waals surface area contributed by atoms with Crippen LogP contribution in [0.15, 0.2) is 5.38 Å². The second kappa shape index (κ2) is 3.41. The zero-order valence-electron chi connectivity index (χ0n) is 6.92. The van der Waals surface area contributed by atoms with Crippen LogP contribution in [-0.2, 0) is 0 Å². The fourth-order valence-electron chi connectivity index (χ4n) is 1.57. The minimum absolute atomic E-state index is 0.451. The second-order valence-electron chi connectivity index (χ2n) is 3.11. The summed E-state index contributed by atoms with van der Waals surface area (Å²) in [5, 5.41) is 6.17. The Kier molecular flexibility index (Phi) is 2.28. The molecule has 1 saturated heterocycles. The van der Waals surface area contributed by atoms with Gasteiger partial charge in [0.05, 0.1) is 11.7 Å². The Balaban J connectivity index is 2.08. The molecule has 0 amide bonds. The minimum atomic E-state index is 0.451. The molecule has 3 nitrogen and oxygen atoms in total. The van der Waals surface area contributed by atoms with Gasteiger partial charge in [-0.2, -0.15) is 0 Å². The van der Waals surface area contributed by atoms with Crippen LogP contribution in [0.25, 0.3) is 0 Å². The maximum absolute atomic E-state index is 5.56. The Labute approximate surface area is 76.0 Å². The monoisotopic (exact) mass is 183 g/mol. The molecule has 3 N–H and O–H groups in total. The molecule has 66 valence electrons. The summed E-state index contributed by atoms with van der Waals surface area (Å²) in [7, 11) is 0. The van der Waals surface area contributed by atoms with Crippen LogP contribution < -0.4 is 11.1 Å². The standard InChI is InChI=1S/C8H13N3S/c9-8-11-7(5-12-8)6-3-1-2-4-10-6/h5-6,10H,1-4H2,(H2,9,11)/t6-/m0/s1. The molecule has 1 atom stereocenters. The van der Waals surface area contributed by atoms with E-state index in [9.17, 15) is 0 Å². The van der Waals surface area contributed by atoms with E-state index < -0.39 is 0 Å². The Morgan fingerprint density at radius 1 is 1.58 bits per heavy atom. The molecule has 0 aromatic carbocycles. The van der Waals surface area contributed by atoms with Gasteiger partial charge in [-0.15, -0.1) is 11.3 Å². The smallest absolute Gasteiger partial charge is 0.180 e. The summed E-state index contributed by atoms with van der Waals surface area (Å²) >= 11 is 1.52. The van der Waals surface area contributed by atoms with Gasteiger partial charge in [-0.3, -0.25) is 0 Å². The van der Waals surface area contributed by atoms with Crippen molar-refractivity contribution in [2.75, 3.05) is 12.3 Å². The van der Waals surface area contributed by atoms with Gasteiger partial charge in [0.25, 0.3) is 0 Å². The van der Waals surface area contributed by atoms with Gasteiger partial charge >= 0.3 is 0 Å². The van der Waals surface area contributed by atoms with E-state index in [-0.39, 0.29) is 0 Å². The molecule has 4 heteroatoms. The number of thiazole rings is 1. The van der Waals surface area contributed by atoms with Crippen molar-refractivity contribution in [2.24, 2.45) is 0 Å². The summed E-state index contributed by atoms with van der Waals surface area (Å²) in [5.74, 6) is 0. The van der Waals surface area contributed by atoms with E-state index in [2.05, 4.69) is 15.7 Å². The van der Waals surface area contributed by atoms with Gasteiger partial charge in [-0.25, -0.2) is 4.98 Å². The second-order valence-corrected chi connectivity index (χ2v) is 4.00. The number of nitrogens with zero attached hydrogens (tertiary/aromatic N) is 1. The summed E-state index contributed by atoms with van der Waals surface area (Å²) in [6, 6.07) is 0.451. The number of hydrogen-bond donors (Lipinski definition) is 2.